The van der Waals surface area contributed by atoms with Gasteiger partial charge < -0.3 is 5.11 Å². The fraction of sp³-hybridized carbons (Fsp3) is 0.0769. The van der Waals surface area contributed by atoms with Crippen LogP contribution in [0.4, 0.5) is 0 Å². The maximum Gasteiger partial charge on any atom is 0.118 e. The summed E-state index contributed by atoms with van der Waals surface area (Å²) in [4.78, 5) is 1.48. The van der Waals surface area contributed by atoms with Gasteiger partial charge in [-0.1, -0.05) is 18.2 Å². The summed E-state index contributed by atoms with van der Waals surface area (Å²) in [5.74, 6) is 0.230. The third kappa shape index (κ3) is 2.14. The molecule has 1 N–H and O–H groups in total. The first-order valence-corrected chi connectivity index (χ1v) is 6.10. The van der Waals surface area contributed by atoms with Gasteiger partial charge in [0, 0.05) is 9.79 Å². The molecule has 3 heteroatoms. The Balaban J connectivity index is 2.39. The number of aromatic hydroxyl groups is 1. The fourth-order valence-electron chi connectivity index (χ4n) is 1.42. The van der Waals surface area contributed by atoms with Crippen LogP contribution >= 0.6 is 0 Å². The van der Waals surface area contributed by atoms with Gasteiger partial charge in [0.05, 0.1) is 10.8 Å². The number of phenolic OH excluding ortho intramolecular Hbond substituents is 1. The molecular weight excluding hydrogens is 220 g/mol. The van der Waals surface area contributed by atoms with Gasteiger partial charge in [0.25, 0.3) is 0 Å². The van der Waals surface area contributed by atoms with Gasteiger partial charge in [-0.2, -0.15) is 0 Å². The molecule has 0 aliphatic carbocycles. The zero-order valence-corrected chi connectivity index (χ0v) is 9.70. The lowest BCUT2D eigenvalue weighted by molar-refractivity contribution is 0.470. The van der Waals surface area contributed by atoms with E-state index in [0.29, 0.717) is 4.90 Å². The van der Waals surface area contributed by atoms with Crippen molar-refractivity contribution >= 4 is 10.8 Å². The predicted molar refractivity (Wildman–Crippen MR) is 64.0 cm³/mol. The van der Waals surface area contributed by atoms with Crippen molar-refractivity contribution < 1.29 is 9.32 Å². The molecule has 0 aliphatic heterocycles. The van der Waals surface area contributed by atoms with Crippen LogP contribution in [0.1, 0.15) is 5.56 Å². The Hall–Kier alpha value is -1.61. The van der Waals surface area contributed by atoms with Crippen LogP contribution in [0.15, 0.2) is 58.3 Å². The molecule has 0 aromatic heterocycles. The van der Waals surface area contributed by atoms with E-state index in [-0.39, 0.29) is 5.75 Å². The first-order chi connectivity index (χ1) is 7.68. The van der Waals surface area contributed by atoms with E-state index >= 15 is 0 Å². The van der Waals surface area contributed by atoms with E-state index in [1.54, 1.807) is 25.1 Å². The average molecular weight is 232 g/mol. The summed E-state index contributed by atoms with van der Waals surface area (Å²) in [5, 5.41) is 9.40. The molecule has 0 radical (unpaired) electrons. The number of rotatable bonds is 2. The van der Waals surface area contributed by atoms with Crippen LogP contribution in [-0.4, -0.2) is 9.32 Å². The van der Waals surface area contributed by atoms with Crippen molar-refractivity contribution in [3.05, 3.63) is 54.1 Å². The molecule has 0 heterocycles. The number of hydrogen-bond donors (Lipinski definition) is 1. The average Bonchev–Trinajstić information content (AvgIpc) is 2.33. The molecule has 16 heavy (non-hydrogen) atoms. The van der Waals surface area contributed by atoms with Gasteiger partial charge in [-0.05, 0) is 42.8 Å². The van der Waals surface area contributed by atoms with Crippen LogP contribution in [0.25, 0.3) is 0 Å². The quantitative estimate of drug-likeness (QED) is 0.864. The Morgan fingerprint density at radius 1 is 1.00 bits per heavy atom. The molecule has 0 saturated heterocycles. The number of hydrogen-bond acceptors (Lipinski definition) is 2. The van der Waals surface area contributed by atoms with Crippen molar-refractivity contribution in [2.45, 2.75) is 16.7 Å². The highest BCUT2D eigenvalue weighted by molar-refractivity contribution is 7.85. The van der Waals surface area contributed by atoms with Crippen molar-refractivity contribution in [3.8, 4) is 5.75 Å². The van der Waals surface area contributed by atoms with Crippen molar-refractivity contribution in [1.82, 2.24) is 0 Å². The van der Waals surface area contributed by atoms with Gasteiger partial charge in [0.15, 0.2) is 0 Å². The van der Waals surface area contributed by atoms with E-state index in [2.05, 4.69) is 0 Å². The third-order valence-corrected chi connectivity index (χ3v) is 3.72. The number of benzene rings is 2. The molecule has 0 amide bonds. The summed E-state index contributed by atoms with van der Waals surface area (Å²) in [6.07, 6.45) is 0. The highest BCUT2D eigenvalue weighted by atomic mass is 32.2. The Kier molecular flexibility index (Phi) is 3.06. The summed E-state index contributed by atoms with van der Waals surface area (Å²) in [5.41, 5.74) is 0.738. The second-order valence-corrected chi connectivity index (χ2v) is 5.01. The molecule has 0 aliphatic rings. The van der Waals surface area contributed by atoms with Crippen molar-refractivity contribution in [2.75, 3.05) is 0 Å². The van der Waals surface area contributed by atoms with Gasteiger partial charge in [-0.3, -0.25) is 0 Å². The molecule has 1 atom stereocenters. The normalized spacial score (nSPS) is 12.3. The smallest absolute Gasteiger partial charge is 0.118 e. The largest absolute Gasteiger partial charge is 0.508 e. The Morgan fingerprint density at radius 2 is 1.69 bits per heavy atom. The zero-order chi connectivity index (χ0) is 11.5. The molecule has 0 bridgehead atoms. The van der Waals surface area contributed by atoms with Crippen LogP contribution in [-0.2, 0) is 10.8 Å². The molecule has 2 aromatic carbocycles. The number of aryl methyl sites for hydroxylation is 1. The monoisotopic (exact) mass is 232 g/mol. The van der Waals surface area contributed by atoms with Crippen LogP contribution in [0.5, 0.6) is 5.75 Å². The van der Waals surface area contributed by atoms with E-state index in [4.69, 9.17) is 0 Å². The fourth-order valence-corrected chi connectivity index (χ4v) is 2.58. The Morgan fingerprint density at radius 3 is 2.31 bits per heavy atom. The van der Waals surface area contributed by atoms with Crippen LogP contribution in [0.3, 0.4) is 0 Å². The molecule has 82 valence electrons. The highest BCUT2D eigenvalue weighted by Crippen LogP contribution is 2.22. The summed E-state index contributed by atoms with van der Waals surface area (Å²) in [6, 6.07) is 14.3. The number of phenols is 1. The molecular formula is C13H12O2S. The van der Waals surface area contributed by atoms with E-state index in [1.807, 2.05) is 30.3 Å². The Labute approximate surface area is 97.0 Å². The summed E-state index contributed by atoms with van der Waals surface area (Å²) in [6.45, 7) is 1.79. The minimum Gasteiger partial charge on any atom is -0.508 e. The van der Waals surface area contributed by atoms with Crippen LogP contribution in [0.2, 0.25) is 0 Å². The maximum absolute atomic E-state index is 12.1. The van der Waals surface area contributed by atoms with Gasteiger partial charge in [0.1, 0.15) is 5.75 Å². The lowest BCUT2D eigenvalue weighted by atomic mass is 10.2. The lowest BCUT2D eigenvalue weighted by Gasteiger charge is -2.04. The molecule has 0 spiro atoms. The summed E-state index contributed by atoms with van der Waals surface area (Å²) >= 11 is 0. The minimum atomic E-state index is -1.18. The second kappa shape index (κ2) is 4.49. The standard InChI is InChI=1S/C13H12O2S/c1-10-9-12(7-8-13(10)14)16(15)11-5-3-2-4-6-11/h2-9,14H,1H3. The first-order valence-electron chi connectivity index (χ1n) is 4.95. The topological polar surface area (TPSA) is 37.3 Å². The summed E-state index contributed by atoms with van der Waals surface area (Å²) in [7, 11) is -1.18. The third-order valence-electron chi connectivity index (χ3n) is 2.34. The molecule has 0 fully saturated rings. The van der Waals surface area contributed by atoms with E-state index in [9.17, 15) is 9.32 Å². The minimum absolute atomic E-state index is 0.230. The Bertz CT molecular complexity index is 521. The predicted octanol–water partition coefficient (Wildman–Crippen LogP) is 2.87. The van der Waals surface area contributed by atoms with Gasteiger partial charge in [-0.25, -0.2) is 4.21 Å². The van der Waals surface area contributed by atoms with E-state index < -0.39 is 10.8 Å². The van der Waals surface area contributed by atoms with Crippen molar-refractivity contribution in [1.29, 1.82) is 0 Å². The van der Waals surface area contributed by atoms with E-state index in [0.717, 1.165) is 10.5 Å². The van der Waals surface area contributed by atoms with Crippen molar-refractivity contribution in [2.24, 2.45) is 0 Å². The zero-order valence-electron chi connectivity index (χ0n) is 8.88. The maximum atomic E-state index is 12.1. The first kappa shape index (κ1) is 10.9. The summed E-state index contributed by atoms with van der Waals surface area (Å²) < 4.78 is 12.1. The molecule has 2 nitrogen and oxygen atoms in total. The molecule has 2 aromatic rings. The highest BCUT2D eigenvalue weighted by Gasteiger charge is 2.07. The lowest BCUT2D eigenvalue weighted by Crippen LogP contribution is -1.92. The molecule has 2 rings (SSSR count). The van der Waals surface area contributed by atoms with Crippen LogP contribution < -0.4 is 0 Å². The van der Waals surface area contributed by atoms with E-state index in [1.165, 1.54) is 0 Å². The van der Waals surface area contributed by atoms with Gasteiger partial charge in [0.2, 0.25) is 0 Å². The van der Waals surface area contributed by atoms with Crippen molar-refractivity contribution in [3.63, 3.8) is 0 Å². The van der Waals surface area contributed by atoms with Gasteiger partial charge in [-0.15, -0.1) is 0 Å². The SMILES string of the molecule is Cc1cc(S(=O)c2ccccc2)ccc1O. The van der Waals surface area contributed by atoms with Gasteiger partial charge >= 0.3 is 0 Å². The second-order valence-electron chi connectivity index (χ2n) is 3.53. The molecule has 1 unspecified atom stereocenters. The van der Waals surface area contributed by atoms with Crippen LogP contribution in [0, 0.1) is 6.92 Å². The molecule has 0 saturated carbocycles.